The molecule has 0 saturated carbocycles. The van der Waals surface area contributed by atoms with E-state index in [1.54, 1.807) is 36.4 Å². The minimum absolute atomic E-state index is 0.304. The smallest absolute Gasteiger partial charge is 0.313 e. The van der Waals surface area contributed by atoms with Gasteiger partial charge in [-0.2, -0.15) is 4.31 Å². The van der Waals surface area contributed by atoms with Crippen molar-refractivity contribution in [3.63, 3.8) is 0 Å². The van der Waals surface area contributed by atoms with Gasteiger partial charge in [-0.15, -0.1) is 0 Å². The molecule has 1 fully saturated rings. The summed E-state index contributed by atoms with van der Waals surface area (Å²) in [6.07, 6.45) is 0. The predicted octanol–water partition coefficient (Wildman–Crippen LogP) is 1.36. The summed E-state index contributed by atoms with van der Waals surface area (Å²) >= 11 is 0. The molecule has 0 atom stereocenters. The maximum absolute atomic E-state index is 12.8. The number of hydrogen-bond acceptors (Lipinski definition) is 5. The minimum atomic E-state index is -3.50. The predicted molar refractivity (Wildman–Crippen MR) is 119 cm³/mol. The van der Waals surface area contributed by atoms with Gasteiger partial charge in [0.1, 0.15) is 0 Å². The first kappa shape index (κ1) is 22.9. The molecule has 0 spiro atoms. The fourth-order valence-corrected chi connectivity index (χ4v) is 4.71. The summed E-state index contributed by atoms with van der Waals surface area (Å²) in [4.78, 5) is 26.3. The lowest BCUT2D eigenvalue weighted by Gasteiger charge is -2.33. The van der Waals surface area contributed by atoms with Crippen LogP contribution in [0.15, 0.2) is 53.4 Å². The van der Waals surface area contributed by atoms with E-state index in [1.807, 2.05) is 26.0 Å². The maximum atomic E-state index is 12.8. The summed E-state index contributed by atoms with van der Waals surface area (Å²) in [7, 11) is -3.50. The molecule has 2 aromatic rings. The van der Waals surface area contributed by atoms with Crippen LogP contribution in [0.1, 0.15) is 11.1 Å². The number of carbonyl (C=O) groups excluding carboxylic acids is 2. The number of rotatable bonds is 6. The molecular weight excluding hydrogens is 416 g/mol. The highest BCUT2D eigenvalue weighted by Crippen LogP contribution is 2.18. The van der Waals surface area contributed by atoms with Gasteiger partial charge in [0.25, 0.3) is 0 Å². The molecule has 0 aromatic heterocycles. The zero-order chi connectivity index (χ0) is 22.4. The molecular formula is C22H28N4O4S. The molecule has 0 aliphatic carbocycles. The summed E-state index contributed by atoms with van der Waals surface area (Å²) in [6, 6.07) is 14.0. The number of piperazine rings is 1. The molecule has 2 N–H and O–H groups in total. The molecule has 3 rings (SSSR count). The van der Waals surface area contributed by atoms with Crippen LogP contribution < -0.4 is 10.6 Å². The Morgan fingerprint density at radius 2 is 1.39 bits per heavy atom. The maximum Gasteiger partial charge on any atom is 0.313 e. The lowest BCUT2D eigenvalue weighted by molar-refractivity contribution is -0.136. The fourth-order valence-electron chi connectivity index (χ4n) is 3.29. The Labute approximate surface area is 183 Å². The molecule has 0 radical (unpaired) electrons. The van der Waals surface area contributed by atoms with Gasteiger partial charge in [0, 0.05) is 45.0 Å². The average Bonchev–Trinajstić information content (AvgIpc) is 2.76. The molecule has 2 aromatic carbocycles. The monoisotopic (exact) mass is 444 g/mol. The van der Waals surface area contributed by atoms with Crippen LogP contribution in [0.25, 0.3) is 0 Å². The quantitative estimate of drug-likeness (QED) is 0.656. The van der Waals surface area contributed by atoms with Crippen LogP contribution >= 0.6 is 0 Å². The van der Waals surface area contributed by atoms with E-state index in [2.05, 4.69) is 15.5 Å². The molecule has 0 bridgehead atoms. The van der Waals surface area contributed by atoms with E-state index >= 15 is 0 Å². The van der Waals surface area contributed by atoms with Crippen LogP contribution in [-0.2, 0) is 19.6 Å². The SMILES string of the molecule is Cc1ccc(NC(=O)C(=O)NCCN2CCN(S(=O)(=O)c3ccc(C)cc3)CC2)cc1. The highest BCUT2D eigenvalue weighted by molar-refractivity contribution is 7.89. The van der Waals surface area contributed by atoms with Crippen molar-refractivity contribution < 1.29 is 18.0 Å². The summed E-state index contributed by atoms with van der Waals surface area (Å²) in [5, 5.41) is 5.17. The Kier molecular flexibility index (Phi) is 7.42. The topological polar surface area (TPSA) is 98.8 Å². The van der Waals surface area contributed by atoms with Gasteiger partial charge in [-0.1, -0.05) is 35.4 Å². The number of nitrogens with zero attached hydrogens (tertiary/aromatic N) is 2. The second-order valence-electron chi connectivity index (χ2n) is 7.63. The lowest BCUT2D eigenvalue weighted by atomic mass is 10.2. The van der Waals surface area contributed by atoms with Crippen molar-refractivity contribution in [2.75, 3.05) is 44.6 Å². The van der Waals surface area contributed by atoms with Crippen molar-refractivity contribution in [3.8, 4) is 0 Å². The molecule has 31 heavy (non-hydrogen) atoms. The summed E-state index contributed by atoms with van der Waals surface area (Å²) in [6.45, 7) is 6.62. The molecule has 1 heterocycles. The minimum Gasteiger partial charge on any atom is -0.347 e. The summed E-state index contributed by atoms with van der Waals surface area (Å²) < 4.78 is 27.0. The molecule has 8 nitrogen and oxygen atoms in total. The number of carbonyl (C=O) groups is 2. The van der Waals surface area contributed by atoms with Crippen molar-refractivity contribution in [2.24, 2.45) is 0 Å². The molecule has 1 aliphatic rings. The van der Waals surface area contributed by atoms with Crippen molar-refractivity contribution >= 4 is 27.5 Å². The first-order valence-electron chi connectivity index (χ1n) is 10.2. The van der Waals surface area contributed by atoms with Crippen LogP contribution in [0, 0.1) is 13.8 Å². The van der Waals surface area contributed by atoms with Gasteiger partial charge < -0.3 is 10.6 Å². The Morgan fingerprint density at radius 1 is 0.839 bits per heavy atom. The second kappa shape index (κ2) is 10.0. The van der Waals surface area contributed by atoms with Crippen LogP contribution in [0.2, 0.25) is 0 Å². The van der Waals surface area contributed by atoms with Crippen molar-refractivity contribution in [1.29, 1.82) is 0 Å². The van der Waals surface area contributed by atoms with Crippen LogP contribution in [-0.4, -0.2) is 68.7 Å². The third-order valence-electron chi connectivity index (χ3n) is 5.22. The Bertz CT molecular complexity index is 1010. The van der Waals surface area contributed by atoms with Gasteiger partial charge in [0.2, 0.25) is 10.0 Å². The Balaban J connectivity index is 1.41. The third-order valence-corrected chi connectivity index (χ3v) is 7.13. The lowest BCUT2D eigenvalue weighted by Crippen LogP contribution is -2.50. The van der Waals surface area contributed by atoms with E-state index in [1.165, 1.54) is 4.31 Å². The molecule has 0 unspecified atom stereocenters. The number of amides is 2. The van der Waals surface area contributed by atoms with Crippen LogP contribution in [0.4, 0.5) is 5.69 Å². The Morgan fingerprint density at radius 3 is 1.97 bits per heavy atom. The zero-order valence-electron chi connectivity index (χ0n) is 17.8. The van der Waals surface area contributed by atoms with Gasteiger partial charge in [-0.3, -0.25) is 14.5 Å². The van der Waals surface area contributed by atoms with Crippen molar-refractivity contribution in [2.45, 2.75) is 18.7 Å². The van der Waals surface area contributed by atoms with Crippen molar-refractivity contribution in [1.82, 2.24) is 14.5 Å². The zero-order valence-corrected chi connectivity index (χ0v) is 18.6. The molecule has 2 amide bonds. The fraction of sp³-hybridized carbons (Fsp3) is 0.364. The molecule has 166 valence electrons. The molecule has 1 saturated heterocycles. The Hall–Kier alpha value is -2.75. The van der Waals surface area contributed by atoms with Gasteiger partial charge in [-0.05, 0) is 38.1 Å². The van der Waals surface area contributed by atoms with Gasteiger partial charge >= 0.3 is 11.8 Å². The van der Waals surface area contributed by atoms with E-state index < -0.39 is 21.8 Å². The van der Waals surface area contributed by atoms with E-state index in [0.717, 1.165) is 11.1 Å². The van der Waals surface area contributed by atoms with Crippen molar-refractivity contribution in [3.05, 3.63) is 59.7 Å². The van der Waals surface area contributed by atoms with E-state index in [-0.39, 0.29) is 0 Å². The second-order valence-corrected chi connectivity index (χ2v) is 9.57. The number of sulfonamides is 1. The van der Waals surface area contributed by atoms with Gasteiger partial charge in [0.05, 0.1) is 4.90 Å². The average molecular weight is 445 g/mol. The number of anilines is 1. The molecule has 9 heteroatoms. The highest BCUT2D eigenvalue weighted by atomic mass is 32.2. The number of aryl methyl sites for hydroxylation is 2. The van der Waals surface area contributed by atoms with E-state index in [9.17, 15) is 18.0 Å². The van der Waals surface area contributed by atoms with E-state index in [4.69, 9.17) is 0 Å². The van der Waals surface area contributed by atoms with Crippen LogP contribution in [0.5, 0.6) is 0 Å². The standard InChI is InChI=1S/C22H28N4O4S/c1-17-3-7-19(8-4-17)24-22(28)21(27)23-11-12-25-13-15-26(16-14-25)31(29,30)20-9-5-18(2)6-10-20/h3-10H,11-16H2,1-2H3,(H,23,27)(H,24,28). The molecule has 1 aliphatic heterocycles. The number of hydrogen-bond donors (Lipinski definition) is 2. The summed E-state index contributed by atoms with van der Waals surface area (Å²) in [5.74, 6) is -1.40. The highest BCUT2D eigenvalue weighted by Gasteiger charge is 2.28. The number of benzene rings is 2. The van der Waals surface area contributed by atoms with Gasteiger partial charge in [-0.25, -0.2) is 8.42 Å². The number of nitrogens with one attached hydrogen (secondary N) is 2. The first-order chi connectivity index (χ1) is 14.8. The third kappa shape index (κ3) is 6.13. The van der Waals surface area contributed by atoms with Crippen LogP contribution in [0.3, 0.4) is 0 Å². The van der Waals surface area contributed by atoms with E-state index in [0.29, 0.717) is 49.9 Å². The first-order valence-corrected chi connectivity index (χ1v) is 11.6. The normalized spacial score (nSPS) is 15.4. The van der Waals surface area contributed by atoms with Gasteiger partial charge in [0.15, 0.2) is 0 Å². The summed E-state index contributed by atoms with van der Waals surface area (Å²) in [5.41, 5.74) is 2.64. The largest absolute Gasteiger partial charge is 0.347 e.